The molecule has 0 saturated heterocycles. The minimum absolute atomic E-state index is 0.232. The van der Waals surface area contributed by atoms with E-state index in [9.17, 15) is 9.59 Å². The van der Waals surface area contributed by atoms with Gasteiger partial charge in [0.15, 0.2) is 0 Å². The summed E-state index contributed by atoms with van der Waals surface area (Å²) < 4.78 is 7.24. The third-order valence-electron chi connectivity index (χ3n) is 5.87. The van der Waals surface area contributed by atoms with Crippen molar-refractivity contribution in [1.29, 1.82) is 0 Å². The second-order valence-electron chi connectivity index (χ2n) is 8.67. The molecule has 7 nitrogen and oxygen atoms in total. The fraction of sp³-hybridized carbons (Fsp3) is 0.393. The van der Waals surface area contributed by atoms with E-state index in [0.29, 0.717) is 23.4 Å². The van der Waals surface area contributed by atoms with Crippen LogP contribution in [-0.4, -0.2) is 28.5 Å². The Labute approximate surface area is 207 Å². The van der Waals surface area contributed by atoms with Gasteiger partial charge in [-0.15, -0.1) is 0 Å². The van der Waals surface area contributed by atoms with Gasteiger partial charge in [0.25, 0.3) is 11.5 Å². The molecule has 1 aromatic heterocycles. The van der Waals surface area contributed by atoms with Crippen LogP contribution >= 0.6 is 0 Å². The maximum absolute atomic E-state index is 12.7. The molecule has 1 heterocycles. The Morgan fingerprint density at radius 3 is 2.31 bits per heavy atom. The number of hydrazone groups is 1. The summed E-state index contributed by atoms with van der Waals surface area (Å²) in [7, 11) is 0. The fourth-order valence-electron chi connectivity index (χ4n) is 3.82. The number of rotatable bonds is 14. The van der Waals surface area contributed by atoms with Gasteiger partial charge < -0.3 is 4.74 Å². The van der Waals surface area contributed by atoms with Crippen LogP contribution in [0, 0.1) is 6.92 Å². The largest absolute Gasteiger partial charge is 0.494 e. The highest BCUT2D eigenvalue weighted by Gasteiger charge is 2.11. The zero-order valence-corrected chi connectivity index (χ0v) is 20.8. The average molecular weight is 477 g/mol. The summed E-state index contributed by atoms with van der Waals surface area (Å²) in [6.07, 6.45) is 11.5. The number of carbonyl (C=O) groups excluding carboxylic acids is 1. The smallest absolute Gasteiger partial charge is 0.280 e. The van der Waals surface area contributed by atoms with Crippen molar-refractivity contribution in [3.63, 3.8) is 0 Å². The van der Waals surface area contributed by atoms with Gasteiger partial charge in [-0.05, 0) is 49.7 Å². The fourth-order valence-corrected chi connectivity index (χ4v) is 3.82. The third-order valence-corrected chi connectivity index (χ3v) is 5.87. The number of unbranched alkanes of at least 4 members (excludes halogenated alkanes) is 7. The summed E-state index contributed by atoms with van der Waals surface area (Å²) in [5.74, 6) is 0.393. The zero-order valence-electron chi connectivity index (χ0n) is 20.8. The van der Waals surface area contributed by atoms with E-state index in [4.69, 9.17) is 4.74 Å². The highest BCUT2D eigenvalue weighted by atomic mass is 16.5. The Balaban J connectivity index is 1.43. The topological polar surface area (TPSA) is 88.5 Å². The van der Waals surface area contributed by atoms with Crippen LogP contribution in [0.25, 0.3) is 5.69 Å². The molecule has 3 aromatic rings. The first-order chi connectivity index (χ1) is 17.1. The average Bonchev–Trinajstić information content (AvgIpc) is 3.17. The summed E-state index contributed by atoms with van der Waals surface area (Å²) in [4.78, 5) is 25.1. The van der Waals surface area contributed by atoms with Gasteiger partial charge in [-0.3, -0.25) is 14.7 Å². The van der Waals surface area contributed by atoms with E-state index in [0.717, 1.165) is 17.9 Å². The second-order valence-corrected chi connectivity index (χ2v) is 8.67. The molecule has 35 heavy (non-hydrogen) atoms. The molecule has 0 unspecified atom stereocenters. The SMILES string of the molecule is CCCCCCCCCCOc1ccc(C(=O)NN=Cc2c(C)[nH]n(-c3ccccc3)c2=O)cc1. The molecule has 7 heteroatoms. The van der Waals surface area contributed by atoms with Crippen molar-refractivity contribution < 1.29 is 9.53 Å². The maximum Gasteiger partial charge on any atom is 0.280 e. The Bertz CT molecular complexity index is 1130. The van der Waals surface area contributed by atoms with Gasteiger partial charge in [0.2, 0.25) is 0 Å². The summed E-state index contributed by atoms with van der Waals surface area (Å²) in [5, 5.41) is 7.01. The molecule has 3 rings (SSSR count). The van der Waals surface area contributed by atoms with Crippen molar-refractivity contribution >= 4 is 12.1 Å². The predicted molar refractivity (Wildman–Crippen MR) is 141 cm³/mol. The van der Waals surface area contributed by atoms with Crippen molar-refractivity contribution in [3.8, 4) is 11.4 Å². The summed E-state index contributed by atoms with van der Waals surface area (Å²) in [6.45, 7) is 4.71. The van der Waals surface area contributed by atoms with Crippen molar-refractivity contribution in [1.82, 2.24) is 15.2 Å². The van der Waals surface area contributed by atoms with Gasteiger partial charge in [-0.2, -0.15) is 5.10 Å². The summed E-state index contributed by atoms with van der Waals surface area (Å²) in [5.41, 5.74) is 4.50. The molecule has 0 aliphatic carbocycles. The Hall–Kier alpha value is -3.61. The first-order valence-corrected chi connectivity index (χ1v) is 12.5. The lowest BCUT2D eigenvalue weighted by molar-refractivity contribution is 0.0955. The van der Waals surface area contributed by atoms with E-state index in [1.165, 1.54) is 55.8 Å². The number of para-hydroxylation sites is 1. The van der Waals surface area contributed by atoms with Crippen molar-refractivity contribution in [2.24, 2.45) is 5.10 Å². The van der Waals surface area contributed by atoms with E-state index < -0.39 is 0 Å². The monoisotopic (exact) mass is 476 g/mol. The number of hydrogen-bond acceptors (Lipinski definition) is 4. The Morgan fingerprint density at radius 1 is 0.971 bits per heavy atom. The molecular weight excluding hydrogens is 440 g/mol. The number of aromatic nitrogens is 2. The second kappa shape index (κ2) is 13.9. The van der Waals surface area contributed by atoms with Crippen LogP contribution in [0.5, 0.6) is 5.75 Å². The van der Waals surface area contributed by atoms with E-state index >= 15 is 0 Å². The number of aryl methyl sites for hydroxylation is 1. The normalized spacial score (nSPS) is 11.1. The lowest BCUT2D eigenvalue weighted by atomic mass is 10.1. The highest BCUT2D eigenvalue weighted by Crippen LogP contribution is 2.14. The number of amides is 1. The van der Waals surface area contributed by atoms with Crippen LogP contribution in [0.4, 0.5) is 0 Å². The number of nitrogens with zero attached hydrogens (tertiary/aromatic N) is 2. The first-order valence-electron chi connectivity index (χ1n) is 12.5. The van der Waals surface area contributed by atoms with Gasteiger partial charge in [0.1, 0.15) is 5.75 Å². The van der Waals surface area contributed by atoms with Crippen molar-refractivity contribution in [2.45, 2.75) is 65.2 Å². The number of hydrogen-bond donors (Lipinski definition) is 2. The molecule has 186 valence electrons. The maximum atomic E-state index is 12.7. The lowest BCUT2D eigenvalue weighted by Gasteiger charge is -2.07. The minimum atomic E-state index is -0.354. The predicted octanol–water partition coefficient (Wildman–Crippen LogP) is 5.76. The molecule has 2 aromatic carbocycles. The van der Waals surface area contributed by atoms with Crippen LogP contribution in [0.15, 0.2) is 64.5 Å². The van der Waals surface area contributed by atoms with Crippen LogP contribution in [0.2, 0.25) is 0 Å². The van der Waals surface area contributed by atoms with Gasteiger partial charge in [-0.1, -0.05) is 70.1 Å². The van der Waals surface area contributed by atoms with Crippen LogP contribution in [0.1, 0.15) is 79.9 Å². The van der Waals surface area contributed by atoms with E-state index in [2.05, 4.69) is 22.5 Å². The molecule has 0 aliphatic rings. The molecule has 0 fully saturated rings. The third kappa shape index (κ3) is 7.98. The number of H-pyrrole nitrogens is 1. The van der Waals surface area contributed by atoms with E-state index in [1.54, 1.807) is 31.2 Å². The number of aromatic amines is 1. The van der Waals surface area contributed by atoms with Gasteiger partial charge in [0.05, 0.1) is 24.1 Å². The van der Waals surface area contributed by atoms with Crippen LogP contribution in [0.3, 0.4) is 0 Å². The van der Waals surface area contributed by atoms with Crippen molar-refractivity contribution in [3.05, 3.63) is 81.8 Å². The summed E-state index contributed by atoms with van der Waals surface area (Å²) >= 11 is 0. The number of carbonyl (C=O) groups is 1. The van der Waals surface area contributed by atoms with Gasteiger partial charge >= 0.3 is 0 Å². The molecule has 0 saturated carbocycles. The highest BCUT2D eigenvalue weighted by molar-refractivity contribution is 5.95. The molecule has 0 bridgehead atoms. The number of benzene rings is 2. The lowest BCUT2D eigenvalue weighted by Crippen LogP contribution is -2.20. The Kier molecular flexibility index (Phi) is 10.4. The number of ether oxygens (including phenoxy) is 1. The molecule has 0 radical (unpaired) electrons. The zero-order chi connectivity index (χ0) is 24.9. The van der Waals surface area contributed by atoms with Gasteiger partial charge in [-0.25, -0.2) is 10.1 Å². The molecule has 0 aliphatic heterocycles. The molecule has 0 spiro atoms. The summed E-state index contributed by atoms with van der Waals surface area (Å²) in [6, 6.07) is 16.3. The molecule has 0 atom stereocenters. The van der Waals surface area contributed by atoms with Crippen molar-refractivity contribution in [2.75, 3.05) is 6.61 Å². The molecule has 2 N–H and O–H groups in total. The van der Waals surface area contributed by atoms with E-state index in [-0.39, 0.29) is 11.5 Å². The molecular formula is C28H36N4O3. The standard InChI is InChI=1S/C28H36N4O3/c1-3-4-5-6-7-8-9-13-20-35-25-18-16-23(17-19-25)27(33)30-29-21-26-22(2)31-32(28(26)34)24-14-11-10-12-15-24/h10-12,14-19,21,31H,3-9,13,20H2,1-2H3,(H,30,33). The van der Waals surface area contributed by atoms with Crippen LogP contribution < -0.4 is 15.7 Å². The van der Waals surface area contributed by atoms with Gasteiger partial charge in [0, 0.05) is 11.3 Å². The Morgan fingerprint density at radius 2 is 1.63 bits per heavy atom. The number of nitrogens with one attached hydrogen (secondary N) is 2. The van der Waals surface area contributed by atoms with Crippen LogP contribution in [-0.2, 0) is 0 Å². The first kappa shape index (κ1) is 26.0. The minimum Gasteiger partial charge on any atom is -0.494 e. The quantitative estimate of drug-likeness (QED) is 0.176. The van der Waals surface area contributed by atoms with E-state index in [1.807, 2.05) is 30.3 Å². The molecule has 1 amide bonds.